The molecule has 0 radical (unpaired) electrons. The molecule has 7 nitrogen and oxygen atoms in total. The van der Waals surface area contributed by atoms with Gasteiger partial charge in [0.15, 0.2) is 5.16 Å². The molecule has 140 valence electrons. The van der Waals surface area contributed by atoms with Crippen LogP contribution in [0.5, 0.6) is 0 Å². The number of thioether (sulfide) groups is 1. The number of nitrogens with one attached hydrogen (secondary N) is 2. The van der Waals surface area contributed by atoms with Gasteiger partial charge in [0.25, 0.3) is 0 Å². The summed E-state index contributed by atoms with van der Waals surface area (Å²) < 4.78 is 20.8. The molecule has 10 heteroatoms. The minimum Gasteiger partial charge on any atom is -0.376 e. The van der Waals surface area contributed by atoms with Crippen LogP contribution in [0.25, 0.3) is 0 Å². The highest BCUT2D eigenvalue weighted by atomic mass is 35.5. The van der Waals surface area contributed by atoms with Crippen molar-refractivity contribution >= 4 is 35.0 Å². The van der Waals surface area contributed by atoms with Gasteiger partial charge in [-0.15, -0.1) is 5.10 Å². The minimum absolute atomic E-state index is 0.0306. The third kappa shape index (κ3) is 4.46. The molecule has 1 saturated heterocycles. The lowest BCUT2D eigenvalue weighted by atomic mass is 10.2. The van der Waals surface area contributed by atoms with Crippen LogP contribution in [-0.2, 0) is 16.1 Å². The number of ether oxygens (including phenoxy) is 1. The lowest BCUT2D eigenvalue weighted by Crippen LogP contribution is -2.27. The smallest absolute Gasteiger partial charge is 0.344 e. The molecule has 26 heavy (non-hydrogen) atoms. The number of aromatic amines is 1. The Labute approximate surface area is 158 Å². The second-order valence-electron chi connectivity index (χ2n) is 5.93. The Bertz CT molecular complexity index is 850. The van der Waals surface area contributed by atoms with Crippen LogP contribution in [0, 0.1) is 5.82 Å². The average molecular weight is 401 g/mol. The van der Waals surface area contributed by atoms with E-state index < -0.39 is 17.0 Å². The number of amides is 1. The zero-order valence-electron chi connectivity index (χ0n) is 14.0. The predicted octanol–water partition coefficient (Wildman–Crippen LogP) is 2.66. The summed E-state index contributed by atoms with van der Waals surface area (Å²) in [5.74, 6) is -1.02. The number of carbonyl (C=O) groups is 1. The van der Waals surface area contributed by atoms with E-state index in [9.17, 15) is 14.0 Å². The standard InChI is InChI=1S/C16H18ClFN4O3S/c1-9(14(23)19-13-5-4-10(17)7-12(13)18)26-16-21-20-15(24)22(16)8-11-3-2-6-25-11/h4-5,7,9,11H,2-3,6,8H2,1H3,(H,19,23)(H,20,24)/t9-,11+/m1/s1. The summed E-state index contributed by atoms with van der Waals surface area (Å²) in [6.07, 6.45) is 1.82. The van der Waals surface area contributed by atoms with E-state index >= 15 is 0 Å². The van der Waals surface area contributed by atoms with Crippen LogP contribution in [0.1, 0.15) is 19.8 Å². The Morgan fingerprint density at radius 2 is 2.42 bits per heavy atom. The highest BCUT2D eigenvalue weighted by molar-refractivity contribution is 8.00. The van der Waals surface area contributed by atoms with E-state index in [1.165, 1.54) is 16.7 Å². The zero-order valence-corrected chi connectivity index (χ0v) is 15.6. The molecular formula is C16H18ClFN4O3S. The first kappa shape index (κ1) is 18.9. The van der Waals surface area contributed by atoms with Gasteiger partial charge in [-0.05, 0) is 38.0 Å². The van der Waals surface area contributed by atoms with Crippen LogP contribution < -0.4 is 11.0 Å². The maximum absolute atomic E-state index is 13.8. The van der Waals surface area contributed by atoms with Gasteiger partial charge in [-0.25, -0.2) is 14.3 Å². The Morgan fingerprint density at radius 1 is 1.62 bits per heavy atom. The van der Waals surface area contributed by atoms with Crippen LogP contribution in [0.2, 0.25) is 5.02 Å². The number of benzene rings is 1. The molecule has 0 saturated carbocycles. The number of halogens is 2. The van der Waals surface area contributed by atoms with E-state index in [4.69, 9.17) is 16.3 Å². The highest BCUT2D eigenvalue weighted by Crippen LogP contribution is 2.24. The van der Waals surface area contributed by atoms with Gasteiger partial charge in [0.2, 0.25) is 5.91 Å². The first-order valence-electron chi connectivity index (χ1n) is 8.13. The van der Waals surface area contributed by atoms with Gasteiger partial charge in [-0.3, -0.25) is 9.36 Å². The largest absolute Gasteiger partial charge is 0.376 e. The zero-order chi connectivity index (χ0) is 18.7. The summed E-state index contributed by atoms with van der Waals surface area (Å²) >= 11 is 6.82. The van der Waals surface area contributed by atoms with E-state index in [2.05, 4.69) is 15.5 Å². The summed E-state index contributed by atoms with van der Waals surface area (Å²) in [5.41, 5.74) is -0.301. The highest BCUT2D eigenvalue weighted by Gasteiger charge is 2.23. The molecule has 1 aromatic carbocycles. The first-order valence-corrected chi connectivity index (χ1v) is 9.39. The van der Waals surface area contributed by atoms with Crippen LogP contribution in [0.4, 0.5) is 10.1 Å². The number of H-pyrrole nitrogens is 1. The second-order valence-corrected chi connectivity index (χ2v) is 7.67. The molecule has 1 aliphatic rings. The van der Waals surface area contributed by atoms with Crippen molar-refractivity contribution in [1.29, 1.82) is 0 Å². The molecule has 1 aliphatic heterocycles. The number of anilines is 1. The van der Waals surface area contributed by atoms with E-state index in [0.29, 0.717) is 18.3 Å². The number of aromatic nitrogens is 3. The van der Waals surface area contributed by atoms with Crippen molar-refractivity contribution in [1.82, 2.24) is 14.8 Å². The Morgan fingerprint density at radius 3 is 3.12 bits per heavy atom. The average Bonchev–Trinajstić information content (AvgIpc) is 3.22. The third-order valence-corrected chi connectivity index (χ3v) is 5.30. The number of hydrogen-bond donors (Lipinski definition) is 2. The van der Waals surface area contributed by atoms with Crippen molar-refractivity contribution in [3.8, 4) is 0 Å². The van der Waals surface area contributed by atoms with Crippen molar-refractivity contribution < 1.29 is 13.9 Å². The van der Waals surface area contributed by atoms with E-state index in [0.717, 1.165) is 30.7 Å². The van der Waals surface area contributed by atoms with Crippen LogP contribution in [0.15, 0.2) is 28.2 Å². The molecule has 3 rings (SSSR count). The molecule has 2 atom stereocenters. The third-order valence-electron chi connectivity index (χ3n) is 3.97. The molecule has 0 bridgehead atoms. The summed E-state index contributed by atoms with van der Waals surface area (Å²) in [6.45, 7) is 2.73. The number of carbonyl (C=O) groups excluding carboxylic acids is 1. The molecular weight excluding hydrogens is 383 g/mol. The molecule has 1 amide bonds. The molecule has 2 heterocycles. The van der Waals surface area contributed by atoms with Gasteiger partial charge < -0.3 is 10.1 Å². The van der Waals surface area contributed by atoms with Crippen LogP contribution in [0.3, 0.4) is 0 Å². The molecule has 2 aromatic rings. The van der Waals surface area contributed by atoms with Gasteiger partial charge in [-0.2, -0.15) is 0 Å². The second kappa shape index (κ2) is 8.24. The maximum Gasteiger partial charge on any atom is 0.344 e. The topological polar surface area (TPSA) is 89.0 Å². The van der Waals surface area contributed by atoms with Gasteiger partial charge in [-0.1, -0.05) is 23.4 Å². The summed E-state index contributed by atoms with van der Waals surface area (Å²) in [6, 6.07) is 4.02. The molecule has 2 N–H and O–H groups in total. The van der Waals surface area contributed by atoms with Gasteiger partial charge >= 0.3 is 5.69 Å². The van der Waals surface area contributed by atoms with Crippen molar-refractivity contribution in [2.24, 2.45) is 0 Å². The fraction of sp³-hybridized carbons (Fsp3) is 0.438. The monoisotopic (exact) mass is 400 g/mol. The predicted molar refractivity (Wildman–Crippen MR) is 97.2 cm³/mol. The molecule has 0 unspecified atom stereocenters. The first-order chi connectivity index (χ1) is 12.4. The molecule has 1 fully saturated rings. The van der Waals surface area contributed by atoms with E-state index in [1.54, 1.807) is 6.92 Å². The Hall–Kier alpha value is -1.84. The normalized spacial score (nSPS) is 18.0. The van der Waals surface area contributed by atoms with E-state index in [1.807, 2.05) is 0 Å². The molecule has 0 spiro atoms. The SMILES string of the molecule is C[C@@H](Sc1n[nH]c(=O)n1C[C@@H]1CCCO1)C(=O)Nc1ccc(Cl)cc1F. The fourth-order valence-electron chi connectivity index (χ4n) is 2.58. The van der Waals surface area contributed by atoms with Crippen molar-refractivity contribution in [3.05, 3.63) is 39.5 Å². The fourth-order valence-corrected chi connectivity index (χ4v) is 3.61. The lowest BCUT2D eigenvalue weighted by Gasteiger charge is -2.14. The Balaban J connectivity index is 1.66. The summed E-state index contributed by atoms with van der Waals surface area (Å²) in [4.78, 5) is 24.3. The minimum atomic E-state index is -0.613. The number of hydrogen-bond acceptors (Lipinski definition) is 5. The lowest BCUT2D eigenvalue weighted by molar-refractivity contribution is -0.115. The number of nitrogens with zero attached hydrogens (tertiary/aromatic N) is 2. The molecule has 0 aliphatic carbocycles. The summed E-state index contributed by atoms with van der Waals surface area (Å²) in [7, 11) is 0. The van der Waals surface area contributed by atoms with E-state index in [-0.39, 0.29) is 22.5 Å². The van der Waals surface area contributed by atoms with Crippen LogP contribution >= 0.6 is 23.4 Å². The van der Waals surface area contributed by atoms with Gasteiger partial charge in [0, 0.05) is 11.6 Å². The van der Waals surface area contributed by atoms with Crippen molar-refractivity contribution in [3.63, 3.8) is 0 Å². The van der Waals surface area contributed by atoms with Crippen molar-refractivity contribution in [2.45, 2.75) is 42.8 Å². The summed E-state index contributed by atoms with van der Waals surface area (Å²) in [5, 5.41) is 8.93. The Kier molecular flexibility index (Phi) is 6.00. The quantitative estimate of drug-likeness (QED) is 0.728. The van der Waals surface area contributed by atoms with Gasteiger partial charge in [0.1, 0.15) is 5.82 Å². The van der Waals surface area contributed by atoms with Crippen molar-refractivity contribution in [2.75, 3.05) is 11.9 Å². The maximum atomic E-state index is 13.8. The van der Waals surface area contributed by atoms with Gasteiger partial charge in [0.05, 0.1) is 23.6 Å². The number of rotatable bonds is 6. The molecule has 1 aromatic heterocycles. The van der Waals surface area contributed by atoms with Crippen LogP contribution in [-0.4, -0.2) is 38.6 Å².